The summed E-state index contributed by atoms with van der Waals surface area (Å²) in [6.07, 6.45) is 0. The lowest BCUT2D eigenvalue weighted by atomic mass is 10.3. The van der Waals surface area contributed by atoms with Crippen molar-refractivity contribution in [1.29, 1.82) is 0 Å². The first-order valence-corrected chi connectivity index (χ1v) is 6.24. The highest BCUT2D eigenvalue weighted by Gasteiger charge is 2.28. The number of amides is 1. The molecule has 1 heterocycles. The van der Waals surface area contributed by atoms with Gasteiger partial charge in [0.15, 0.2) is 0 Å². The molecule has 0 aromatic rings. The van der Waals surface area contributed by atoms with Crippen LogP contribution in [-0.4, -0.2) is 69.4 Å². The van der Waals surface area contributed by atoms with Gasteiger partial charge >= 0.3 is 5.97 Å². The monoisotopic (exact) mass is 295 g/mol. The SMILES string of the molecule is NC(CO)C(=O)O.NC1CSC(=O)C(CO)NC1=O. The van der Waals surface area contributed by atoms with Crippen LogP contribution >= 0.6 is 11.8 Å². The fourth-order valence-electron chi connectivity index (χ4n) is 0.884. The van der Waals surface area contributed by atoms with E-state index in [4.69, 9.17) is 26.8 Å². The maximum Gasteiger partial charge on any atom is 0.322 e. The number of aliphatic hydroxyl groups excluding tert-OH is 2. The summed E-state index contributed by atoms with van der Waals surface area (Å²) in [5.74, 6) is -1.28. The van der Waals surface area contributed by atoms with E-state index >= 15 is 0 Å². The molecule has 1 saturated heterocycles. The third-order valence-corrected chi connectivity index (χ3v) is 3.13. The summed E-state index contributed by atoms with van der Waals surface area (Å²) >= 11 is 0.976. The van der Waals surface area contributed by atoms with E-state index in [0.29, 0.717) is 0 Å². The van der Waals surface area contributed by atoms with Crippen molar-refractivity contribution in [3.05, 3.63) is 0 Å². The minimum atomic E-state index is -1.18. The standard InChI is InChI=1S/C6H10N2O3S.C3H7NO3/c7-3-2-12-6(11)4(1-9)8-5(3)10;4-2(1-5)3(6)7/h3-4,9H,1-2,7H2,(H,8,10);2,5H,1,4H2,(H,6,7). The van der Waals surface area contributed by atoms with Gasteiger partial charge in [0.1, 0.15) is 12.1 Å². The topological polar surface area (TPSA) is 176 Å². The van der Waals surface area contributed by atoms with Gasteiger partial charge in [-0.05, 0) is 0 Å². The number of carbonyl (C=O) groups excluding carboxylic acids is 2. The van der Waals surface area contributed by atoms with Crippen LogP contribution in [0.15, 0.2) is 0 Å². The second kappa shape index (κ2) is 8.82. The molecule has 10 heteroatoms. The highest BCUT2D eigenvalue weighted by molar-refractivity contribution is 8.13. The molecule has 0 aliphatic carbocycles. The van der Waals surface area contributed by atoms with E-state index < -0.39 is 30.7 Å². The quantitative estimate of drug-likeness (QED) is 0.308. The number of thioether (sulfide) groups is 1. The molecule has 19 heavy (non-hydrogen) atoms. The summed E-state index contributed by atoms with van der Waals surface area (Å²) in [5, 5.41) is 26.7. The van der Waals surface area contributed by atoms with Gasteiger partial charge in [0, 0.05) is 5.75 Å². The number of carboxylic acid groups (broad SMARTS) is 1. The number of nitrogens with one attached hydrogen (secondary N) is 1. The Labute approximate surface area is 113 Å². The predicted molar refractivity (Wildman–Crippen MR) is 67.2 cm³/mol. The van der Waals surface area contributed by atoms with Crippen LogP contribution in [-0.2, 0) is 14.4 Å². The van der Waals surface area contributed by atoms with Crippen LogP contribution < -0.4 is 16.8 Å². The summed E-state index contributed by atoms with van der Waals surface area (Å²) in [4.78, 5) is 31.7. The molecule has 0 radical (unpaired) electrons. The second-order valence-electron chi connectivity index (χ2n) is 3.61. The molecule has 0 aromatic heterocycles. The van der Waals surface area contributed by atoms with Crippen molar-refractivity contribution in [2.75, 3.05) is 19.0 Å². The van der Waals surface area contributed by atoms with Gasteiger partial charge in [0.25, 0.3) is 0 Å². The highest BCUT2D eigenvalue weighted by atomic mass is 32.2. The molecule has 3 unspecified atom stereocenters. The van der Waals surface area contributed by atoms with Crippen LogP contribution in [0.2, 0.25) is 0 Å². The molecule has 3 atom stereocenters. The molecule has 9 nitrogen and oxygen atoms in total. The van der Waals surface area contributed by atoms with E-state index in [1.807, 2.05) is 0 Å². The lowest BCUT2D eigenvalue weighted by molar-refractivity contribution is -0.139. The number of carbonyl (C=O) groups is 3. The van der Waals surface area contributed by atoms with Gasteiger partial charge in [0.2, 0.25) is 11.0 Å². The highest BCUT2D eigenvalue weighted by Crippen LogP contribution is 2.10. The van der Waals surface area contributed by atoms with Gasteiger partial charge in [-0.2, -0.15) is 0 Å². The van der Waals surface area contributed by atoms with Crippen LogP contribution in [0.5, 0.6) is 0 Å². The first kappa shape index (κ1) is 17.8. The fraction of sp³-hybridized carbons (Fsp3) is 0.667. The Morgan fingerprint density at radius 2 is 2.05 bits per heavy atom. The molecule has 0 spiro atoms. The van der Waals surface area contributed by atoms with Crippen molar-refractivity contribution in [3.63, 3.8) is 0 Å². The molecule has 0 bridgehead atoms. The van der Waals surface area contributed by atoms with Gasteiger partial charge in [-0.15, -0.1) is 0 Å². The minimum Gasteiger partial charge on any atom is -0.480 e. The number of carboxylic acids is 1. The van der Waals surface area contributed by atoms with Gasteiger partial charge in [0.05, 0.1) is 19.3 Å². The Morgan fingerprint density at radius 3 is 2.42 bits per heavy atom. The second-order valence-corrected chi connectivity index (χ2v) is 4.63. The van der Waals surface area contributed by atoms with Crippen molar-refractivity contribution < 1.29 is 29.7 Å². The molecule has 8 N–H and O–H groups in total. The summed E-state index contributed by atoms with van der Waals surface area (Å²) in [6, 6.07) is -2.58. The van der Waals surface area contributed by atoms with Crippen molar-refractivity contribution in [1.82, 2.24) is 5.32 Å². The molecule has 0 saturated carbocycles. The summed E-state index contributed by atoms with van der Waals surface area (Å²) in [5.41, 5.74) is 10.2. The number of aliphatic carboxylic acids is 1. The zero-order valence-electron chi connectivity index (χ0n) is 9.98. The number of hydrogen-bond donors (Lipinski definition) is 6. The first-order valence-electron chi connectivity index (χ1n) is 5.26. The van der Waals surface area contributed by atoms with Crippen LogP contribution in [0.1, 0.15) is 0 Å². The molecule has 1 fully saturated rings. The number of hydrogen-bond acceptors (Lipinski definition) is 8. The Bertz CT molecular complexity index is 338. The number of rotatable bonds is 3. The van der Waals surface area contributed by atoms with E-state index in [1.54, 1.807) is 0 Å². The molecule has 1 aliphatic heterocycles. The molecule has 1 aliphatic rings. The van der Waals surface area contributed by atoms with Crippen LogP contribution in [0.3, 0.4) is 0 Å². The van der Waals surface area contributed by atoms with Crippen molar-refractivity contribution >= 4 is 28.8 Å². The Morgan fingerprint density at radius 1 is 1.47 bits per heavy atom. The van der Waals surface area contributed by atoms with Gasteiger partial charge in [-0.3, -0.25) is 14.4 Å². The average molecular weight is 295 g/mol. The summed E-state index contributed by atoms with van der Waals surface area (Å²) in [7, 11) is 0. The van der Waals surface area contributed by atoms with Crippen molar-refractivity contribution in [2.24, 2.45) is 11.5 Å². The fourth-order valence-corrected chi connectivity index (χ4v) is 1.71. The van der Waals surface area contributed by atoms with E-state index in [9.17, 15) is 14.4 Å². The average Bonchev–Trinajstić information content (AvgIpc) is 2.51. The lowest BCUT2D eigenvalue weighted by Crippen LogP contribution is -2.47. The third kappa shape index (κ3) is 6.50. The molecular formula is C9H17N3O6S. The summed E-state index contributed by atoms with van der Waals surface area (Å²) < 4.78 is 0. The number of aliphatic hydroxyl groups is 2. The van der Waals surface area contributed by atoms with Crippen LogP contribution in [0.4, 0.5) is 0 Å². The Hall–Kier alpha value is -1.20. The van der Waals surface area contributed by atoms with Crippen molar-refractivity contribution in [3.8, 4) is 0 Å². The van der Waals surface area contributed by atoms with Crippen LogP contribution in [0, 0.1) is 0 Å². The smallest absolute Gasteiger partial charge is 0.322 e. The maximum atomic E-state index is 11.1. The van der Waals surface area contributed by atoms with Crippen LogP contribution in [0.25, 0.3) is 0 Å². The van der Waals surface area contributed by atoms with Gasteiger partial charge < -0.3 is 32.1 Å². The summed E-state index contributed by atoms with van der Waals surface area (Å²) in [6.45, 7) is -0.875. The van der Waals surface area contributed by atoms with Gasteiger partial charge in [-0.25, -0.2) is 0 Å². The molecule has 110 valence electrons. The maximum absolute atomic E-state index is 11.1. The lowest BCUT2D eigenvalue weighted by Gasteiger charge is -2.10. The van der Waals surface area contributed by atoms with E-state index in [0.717, 1.165) is 11.8 Å². The number of nitrogens with two attached hydrogens (primary N) is 2. The van der Waals surface area contributed by atoms with E-state index in [-0.39, 0.29) is 23.4 Å². The van der Waals surface area contributed by atoms with Gasteiger partial charge in [-0.1, -0.05) is 11.8 Å². The van der Waals surface area contributed by atoms with E-state index in [2.05, 4.69) is 5.32 Å². The molecule has 0 aromatic carbocycles. The van der Waals surface area contributed by atoms with E-state index in [1.165, 1.54) is 0 Å². The molecular weight excluding hydrogens is 278 g/mol. The third-order valence-electron chi connectivity index (χ3n) is 2.04. The first-order chi connectivity index (χ1) is 8.83. The molecule has 1 amide bonds. The predicted octanol–water partition coefficient (Wildman–Crippen LogP) is -3.55. The Balaban J connectivity index is 0.000000399. The zero-order valence-corrected chi connectivity index (χ0v) is 10.8. The Kier molecular flexibility index (Phi) is 8.27. The van der Waals surface area contributed by atoms with Crippen molar-refractivity contribution in [2.45, 2.75) is 18.1 Å². The largest absolute Gasteiger partial charge is 0.480 e. The minimum absolute atomic E-state index is 0.237. The zero-order chi connectivity index (χ0) is 15.0. The normalized spacial score (nSPS) is 24.6. The molecule has 1 rings (SSSR count).